The first kappa shape index (κ1) is 23.6. The summed E-state index contributed by atoms with van der Waals surface area (Å²) in [6.07, 6.45) is 6.42. The van der Waals surface area contributed by atoms with Crippen molar-refractivity contribution in [3.05, 3.63) is 53.9 Å². The number of hydrazine groups is 1. The van der Waals surface area contributed by atoms with Crippen LogP contribution in [0.1, 0.15) is 44.7 Å². The molecule has 0 radical (unpaired) electrons. The van der Waals surface area contributed by atoms with Gasteiger partial charge in [-0.05, 0) is 51.5 Å². The average Bonchev–Trinajstić information content (AvgIpc) is 3.31. The molecule has 1 aromatic carbocycles. The van der Waals surface area contributed by atoms with Gasteiger partial charge in [-0.3, -0.25) is 5.01 Å². The summed E-state index contributed by atoms with van der Waals surface area (Å²) in [7, 11) is 0. The highest BCUT2D eigenvalue weighted by Gasteiger charge is 2.16. The Morgan fingerprint density at radius 1 is 1.30 bits per heavy atom. The smallest absolute Gasteiger partial charge is 0.407 e. The summed E-state index contributed by atoms with van der Waals surface area (Å²) >= 11 is 0. The Bertz CT molecular complexity index is 1100. The summed E-state index contributed by atoms with van der Waals surface area (Å²) in [5.41, 5.74) is 4.73. The number of nitrogens with one attached hydrogen (secondary N) is 3. The maximum absolute atomic E-state index is 11.7. The Labute approximate surface area is 193 Å². The van der Waals surface area contributed by atoms with Gasteiger partial charge < -0.3 is 15.4 Å². The number of amides is 1. The van der Waals surface area contributed by atoms with Gasteiger partial charge in [-0.2, -0.15) is 10.2 Å². The first-order chi connectivity index (χ1) is 15.8. The molecule has 9 heteroatoms. The summed E-state index contributed by atoms with van der Waals surface area (Å²) in [6.45, 7) is 6.66. The molecule has 0 aliphatic carbocycles. The molecule has 3 N–H and O–H groups in total. The van der Waals surface area contributed by atoms with Gasteiger partial charge in [-0.25, -0.2) is 15.2 Å². The number of carbonyl (C=O) groups is 1. The number of anilines is 3. The molecular weight excluding hydrogens is 418 g/mol. The quantitative estimate of drug-likeness (QED) is 0.456. The Morgan fingerprint density at radius 3 is 2.76 bits per heavy atom. The monoisotopic (exact) mass is 445 g/mol. The van der Waals surface area contributed by atoms with E-state index in [0.29, 0.717) is 48.8 Å². The van der Waals surface area contributed by atoms with Crippen LogP contribution >= 0.6 is 0 Å². The predicted molar refractivity (Wildman–Crippen MR) is 126 cm³/mol. The number of alkyl carbamates (subject to hydrolysis) is 1. The van der Waals surface area contributed by atoms with Crippen LogP contribution in [0.3, 0.4) is 0 Å². The van der Waals surface area contributed by atoms with Gasteiger partial charge in [0.25, 0.3) is 0 Å². The van der Waals surface area contributed by atoms with Gasteiger partial charge in [0.05, 0.1) is 23.4 Å². The first-order valence-electron chi connectivity index (χ1n) is 10.6. The lowest BCUT2D eigenvalue weighted by molar-refractivity contribution is 0.0527. The van der Waals surface area contributed by atoms with Crippen molar-refractivity contribution in [1.82, 2.24) is 20.7 Å². The number of unbranched alkanes of at least 4 members (excludes halogenated alkanes) is 1. The van der Waals surface area contributed by atoms with Crippen molar-refractivity contribution in [2.24, 2.45) is 0 Å². The van der Waals surface area contributed by atoms with E-state index in [1.165, 1.54) is 0 Å². The van der Waals surface area contributed by atoms with E-state index in [9.17, 15) is 4.79 Å². The van der Waals surface area contributed by atoms with Crippen molar-refractivity contribution in [3.63, 3.8) is 0 Å². The minimum atomic E-state index is -0.514. The van der Waals surface area contributed by atoms with E-state index in [2.05, 4.69) is 43.9 Å². The number of hydrogen-bond donors (Lipinski definition) is 3. The highest BCUT2D eigenvalue weighted by Crippen LogP contribution is 2.21. The van der Waals surface area contributed by atoms with Crippen LogP contribution in [0.2, 0.25) is 0 Å². The van der Waals surface area contributed by atoms with E-state index >= 15 is 0 Å². The molecule has 9 nitrogen and oxygen atoms in total. The van der Waals surface area contributed by atoms with Crippen LogP contribution < -0.4 is 21.1 Å². The number of hydrogen-bond acceptors (Lipinski definition) is 8. The molecule has 0 fully saturated rings. The van der Waals surface area contributed by atoms with Crippen LogP contribution in [0, 0.1) is 23.2 Å². The van der Waals surface area contributed by atoms with Crippen LogP contribution in [0.5, 0.6) is 0 Å². The number of nitrogens with zero attached hydrogens (tertiary/aromatic N) is 4. The summed E-state index contributed by atoms with van der Waals surface area (Å²) in [5, 5.41) is 16.6. The minimum absolute atomic E-state index is 0.420. The van der Waals surface area contributed by atoms with E-state index < -0.39 is 11.7 Å². The largest absolute Gasteiger partial charge is 0.444 e. The molecule has 0 bridgehead atoms. The molecule has 0 spiro atoms. The Morgan fingerprint density at radius 2 is 2.09 bits per heavy atom. The molecule has 1 aromatic heterocycles. The summed E-state index contributed by atoms with van der Waals surface area (Å²) < 4.78 is 5.21. The second-order valence-corrected chi connectivity index (χ2v) is 8.20. The Kier molecular flexibility index (Phi) is 7.85. The third kappa shape index (κ3) is 7.53. The SMILES string of the molecule is CC(C)(C)OC(=O)NCCCC#Cc1cnc(Nc2ccc(C#N)cc2)nc1N1C=CCN1. The summed E-state index contributed by atoms with van der Waals surface area (Å²) in [6, 6.07) is 9.15. The second-order valence-electron chi connectivity index (χ2n) is 8.20. The van der Waals surface area contributed by atoms with Crippen molar-refractivity contribution >= 4 is 23.5 Å². The maximum atomic E-state index is 11.7. The maximum Gasteiger partial charge on any atom is 0.407 e. The summed E-state index contributed by atoms with van der Waals surface area (Å²) in [4.78, 5) is 20.7. The molecule has 33 heavy (non-hydrogen) atoms. The zero-order valence-electron chi connectivity index (χ0n) is 19.0. The van der Waals surface area contributed by atoms with Gasteiger partial charge in [0, 0.05) is 31.4 Å². The van der Waals surface area contributed by atoms with Gasteiger partial charge in [0.15, 0.2) is 5.82 Å². The fourth-order valence-corrected chi connectivity index (χ4v) is 2.81. The average molecular weight is 446 g/mol. The third-order valence-corrected chi connectivity index (χ3v) is 4.27. The molecule has 2 heterocycles. The molecular formula is C24H27N7O2. The second kappa shape index (κ2) is 11.0. The zero-order chi connectivity index (χ0) is 23.7. The van der Waals surface area contributed by atoms with Crippen molar-refractivity contribution in [1.29, 1.82) is 5.26 Å². The van der Waals surface area contributed by atoms with E-state index in [4.69, 9.17) is 10.00 Å². The highest BCUT2D eigenvalue weighted by molar-refractivity contribution is 5.67. The van der Waals surface area contributed by atoms with Crippen LogP contribution in [-0.2, 0) is 4.74 Å². The van der Waals surface area contributed by atoms with Gasteiger partial charge >= 0.3 is 6.09 Å². The van der Waals surface area contributed by atoms with E-state index in [0.717, 1.165) is 5.69 Å². The van der Waals surface area contributed by atoms with Gasteiger partial charge in [0.2, 0.25) is 5.95 Å². The van der Waals surface area contributed by atoms with Crippen molar-refractivity contribution in [2.75, 3.05) is 23.4 Å². The molecule has 3 rings (SSSR count). The first-order valence-corrected chi connectivity index (χ1v) is 10.6. The normalized spacial score (nSPS) is 12.5. The molecule has 1 aliphatic rings. The topological polar surface area (TPSA) is 115 Å². The minimum Gasteiger partial charge on any atom is -0.444 e. The lowest BCUT2D eigenvalue weighted by Crippen LogP contribution is -2.32. The van der Waals surface area contributed by atoms with E-state index in [1.54, 1.807) is 35.5 Å². The lowest BCUT2D eigenvalue weighted by Gasteiger charge is -2.19. The molecule has 0 saturated heterocycles. The van der Waals surface area contributed by atoms with Gasteiger partial charge in [0.1, 0.15) is 5.60 Å². The van der Waals surface area contributed by atoms with Gasteiger partial charge in [-0.1, -0.05) is 17.9 Å². The molecule has 0 unspecified atom stereocenters. The number of rotatable bonds is 6. The zero-order valence-corrected chi connectivity index (χ0v) is 19.0. The molecule has 1 amide bonds. The standard InChI is InChI=1S/C24H27N7O2/c1-24(2,3)33-23(32)26-13-6-4-5-8-19-17-27-22(30-21(19)31-15-7-14-28-31)29-20-11-9-18(16-25)10-12-20/h7,9-12,15,17,28H,4,6,13-14H2,1-3H3,(H,26,32)(H,27,29,30). The van der Waals surface area contributed by atoms with Crippen molar-refractivity contribution in [2.45, 2.75) is 39.2 Å². The number of benzene rings is 1. The Balaban J connectivity index is 1.62. The highest BCUT2D eigenvalue weighted by atomic mass is 16.6. The van der Waals surface area contributed by atoms with E-state index in [-0.39, 0.29) is 0 Å². The molecule has 2 aromatic rings. The van der Waals surface area contributed by atoms with Gasteiger partial charge in [-0.15, -0.1) is 0 Å². The van der Waals surface area contributed by atoms with Crippen LogP contribution in [0.25, 0.3) is 0 Å². The fraction of sp³-hybridized carbons (Fsp3) is 0.333. The van der Waals surface area contributed by atoms with Crippen LogP contribution in [0.4, 0.5) is 22.2 Å². The van der Waals surface area contributed by atoms with Crippen LogP contribution in [-0.4, -0.2) is 34.8 Å². The predicted octanol–water partition coefficient (Wildman–Crippen LogP) is 3.59. The third-order valence-electron chi connectivity index (χ3n) is 4.27. The van der Waals surface area contributed by atoms with Crippen LogP contribution in [0.15, 0.2) is 42.7 Å². The molecule has 1 aliphatic heterocycles. The van der Waals surface area contributed by atoms with E-state index in [1.807, 2.05) is 33.0 Å². The fourth-order valence-electron chi connectivity index (χ4n) is 2.81. The Hall–Kier alpha value is -4.08. The molecule has 0 atom stereocenters. The molecule has 170 valence electrons. The lowest BCUT2D eigenvalue weighted by atomic mass is 10.2. The summed E-state index contributed by atoms with van der Waals surface area (Å²) in [5.74, 6) is 7.30. The number of nitriles is 1. The number of carbonyl (C=O) groups excluding carboxylic acids is 1. The number of aromatic nitrogens is 2. The number of ether oxygens (including phenoxy) is 1. The molecule has 0 saturated carbocycles. The van der Waals surface area contributed by atoms with Crippen molar-refractivity contribution < 1.29 is 9.53 Å². The van der Waals surface area contributed by atoms with Crippen molar-refractivity contribution in [3.8, 4) is 17.9 Å².